The van der Waals surface area contributed by atoms with Gasteiger partial charge in [0.25, 0.3) is 5.91 Å². The molecule has 2 aromatic heterocycles. The molecule has 1 aromatic carbocycles. The first kappa shape index (κ1) is 18.2. The van der Waals surface area contributed by atoms with Crippen molar-refractivity contribution in [1.82, 2.24) is 20.2 Å². The molecule has 1 saturated heterocycles. The average Bonchev–Trinajstić information content (AvgIpc) is 3.27. The lowest BCUT2D eigenvalue weighted by atomic mass is 10.2. The third-order valence-electron chi connectivity index (χ3n) is 4.81. The summed E-state index contributed by atoms with van der Waals surface area (Å²) in [6.45, 7) is 4.97. The number of piperazine rings is 1. The molecule has 28 heavy (non-hydrogen) atoms. The van der Waals surface area contributed by atoms with E-state index in [1.807, 2.05) is 12.1 Å². The molecule has 0 saturated carbocycles. The maximum absolute atomic E-state index is 12.2. The minimum Gasteiger partial charge on any atom is -0.467 e. The van der Waals surface area contributed by atoms with Gasteiger partial charge < -0.3 is 14.6 Å². The molecule has 1 aliphatic heterocycles. The van der Waals surface area contributed by atoms with Crippen molar-refractivity contribution >= 4 is 11.9 Å². The van der Waals surface area contributed by atoms with Crippen LogP contribution in [-0.4, -0.2) is 47.0 Å². The number of benzene rings is 1. The maximum atomic E-state index is 12.2. The standard InChI is InChI=1S/C21H23N5O2/c27-20(22-15-19-7-4-12-28-19)18-13-23-21(24-14-18)26-10-8-25(9-11-26)16-17-5-2-1-3-6-17/h1-7,12-14H,8-11,15-16H2,(H,22,27). The highest BCUT2D eigenvalue weighted by molar-refractivity contribution is 5.93. The maximum Gasteiger partial charge on any atom is 0.254 e. The Labute approximate surface area is 164 Å². The molecule has 4 rings (SSSR count). The summed E-state index contributed by atoms with van der Waals surface area (Å²) in [6.07, 6.45) is 4.74. The summed E-state index contributed by atoms with van der Waals surface area (Å²) in [5, 5.41) is 2.80. The molecule has 0 spiro atoms. The molecular formula is C21H23N5O2. The highest BCUT2D eigenvalue weighted by Gasteiger charge is 2.19. The number of aromatic nitrogens is 2. The second kappa shape index (κ2) is 8.67. The van der Waals surface area contributed by atoms with Crippen molar-refractivity contribution in [1.29, 1.82) is 0 Å². The van der Waals surface area contributed by atoms with Crippen molar-refractivity contribution in [3.63, 3.8) is 0 Å². The Morgan fingerprint density at radius 3 is 2.43 bits per heavy atom. The molecule has 0 aliphatic carbocycles. The van der Waals surface area contributed by atoms with E-state index in [9.17, 15) is 4.79 Å². The number of carbonyl (C=O) groups is 1. The molecule has 1 N–H and O–H groups in total. The Kier molecular flexibility index (Phi) is 5.63. The van der Waals surface area contributed by atoms with Gasteiger partial charge in [0.1, 0.15) is 5.76 Å². The highest BCUT2D eigenvalue weighted by Crippen LogP contribution is 2.13. The van der Waals surface area contributed by atoms with Crippen molar-refractivity contribution in [2.24, 2.45) is 0 Å². The van der Waals surface area contributed by atoms with E-state index in [4.69, 9.17) is 4.42 Å². The fourth-order valence-corrected chi connectivity index (χ4v) is 3.23. The van der Waals surface area contributed by atoms with Crippen molar-refractivity contribution < 1.29 is 9.21 Å². The molecule has 0 radical (unpaired) electrons. The van der Waals surface area contributed by atoms with Crippen molar-refractivity contribution in [2.75, 3.05) is 31.1 Å². The number of rotatable bonds is 6. The van der Waals surface area contributed by atoms with E-state index < -0.39 is 0 Å². The quantitative estimate of drug-likeness (QED) is 0.711. The molecule has 7 heteroatoms. The minimum atomic E-state index is -0.212. The van der Waals surface area contributed by atoms with Gasteiger partial charge in [-0.05, 0) is 17.7 Å². The van der Waals surface area contributed by atoms with Gasteiger partial charge in [-0.15, -0.1) is 0 Å². The lowest BCUT2D eigenvalue weighted by Crippen LogP contribution is -2.46. The van der Waals surface area contributed by atoms with Crippen LogP contribution in [0.3, 0.4) is 0 Å². The molecule has 3 aromatic rings. The highest BCUT2D eigenvalue weighted by atomic mass is 16.3. The molecule has 0 bridgehead atoms. The van der Waals surface area contributed by atoms with Gasteiger partial charge in [0.2, 0.25) is 5.95 Å². The van der Waals surface area contributed by atoms with Gasteiger partial charge in [-0.1, -0.05) is 30.3 Å². The summed E-state index contributed by atoms with van der Waals surface area (Å²) in [5.41, 5.74) is 1.77. The van der Waals surface area contributed by atoms with E-state index in [2.05, 4.69) is 49.4 Å². The van der Waals surface area contributed by atoms with E-state index in [1.165, 1.54) is 5.56 Å². The van der Waals surface area contributed by atoms with Gasteiger partial charge in [0, 0.05) is 45.1 Å². The first-order chi connectivity index (χ1) is 13.8. The van der Waals surface area contributed by atoms with Gasteiger partial charge >= 0.3 is 0 Å². The van der Waals surface area contributed by atoms with Crippen LogP contribution >= 0.6 is 0 Å². The number of amides is 1. The van der Waals surface area contributed by atoms with Crippen molar-refractivity contribution in [3.8, 4) is 0 Å². The van der Waals surface area contributed by atoms with E-state index in [-0.39, 0.29) is 5.91 Å². The fraction of sp³-hybridized carbons (Fsp3) is 0.286. The predicted octanol–water partition coefficient (Wildman–Crippen LogP) is 2.32. The smallest absolute Gasteiger partial charge is 0.254 e. The van der Waals surface area contributed by atoms with Crippen LogP contribution in [0, 0.1) is 0 Å². The van der Waals surface area contributed by atoms with Crippen LogP contribution in [0.25, 0.3) is 0 Å². The zero-order chi connectivity index (χ0) is 19.2. The van der Waals surface area contributed by atoms with Gasteiger partial charge in [-0.25, -0.2) is 9.97 Å². The first-order valence-electron chi connectivity index (χ1n) is 9.42. The Morgan fingerprint density at radius 2 is 1.75 bits per heavy atom. The number of hydrogen-bond acceptors (Lipinski definition) is 6. The zero-order valence-electron chi connectivity index (χ0n) is 15.6. The Hall–Kier alpha value is -3.19. The summed E-state index contributed by atoms with van der Waals surface area (Å²) < 4.78 is 5.21. The third kappa shape index (κ3) is 4.55. The third-order valence-corrected chi connectivity index (χ3v) is 4.81. The largest absolute Gasteiger partial charge is 0.467 e. The lowest BCUT2D eigenvalue weighted by molar-refractivity contribution is 0.0947. The number of carbonyl (C=O) groups excluding carboxylic acids is 1. The zero-order valence-corrected chi connectivity index (χ0v) is 15.6. The monoisotopic (exact) mass is 377 g/mol. The summed E-state index contributed by atoms with van der Waals surface area (Å²) in [4.78, 5) is 25.6. The van der Waals surface area contributed by atoms with Crippen LogP contribution < -0.4 is 10.2 Å². The molecule has 7 nitrogen and oxygen atoms in total. The van der Waals surface area contributed by atoms with E-state index in [0.29, 0.717) is 23.8 Å². The lowest BCUT2D eigenvalue weighted by Gasteiger charge is -2.34. The summed E-state index contributed by atoms with van der Waals surface area (Å²) in [7, 11) is 0. The van der Waals surface area contributed by atoms with E-state index in [0.717, 1.165) is 32.7 Å². The fourth-order valence-electron chi connectivity index (χ4n) is 3.23. The van der Waals surface area contributed by atoms with Gasteiger partial charge in [0.05, 0.1) is 18.4 Å². The van der Waals surface area contributed by atoms with Crippen LogP contribution in [0.4, 0.5) is 5.95 Å². The Balaban J connectivity index is 1.28. The minimum absolute atomic E-state index is 0.212. The number of anilines is 1. The van der Waals surface area contributed by atoms with Gasteiger partial charge in [0.15, 0.2) is 0 Å². The van der Waals surface area contributed by atoms with Crippen LogP contribution in [-0.2, 0) is 13.1 Å². The molecule has 1 aliphatic rings. The summed E-state index contributed by atoms with van der Waals surface area (Å²) in [6, 6.07) is 14.1. The molecular weight excluding hydrogens is 354 g/mol. The molecule has 0 unspecified atom stereocenters. The second-order valence-electron chi connectivity index (χ2n) is 6.78. The summed E-state index contributed by atoms with van der Waals surface area (Å²) in [5.74, 6) is 1.16. The molecule has 3 heterocycles. The second-order valence-corrected chi connectivity index (χ2v) is 6.78. The molecule has 1 amide bonds. The summed E-state index contributed by atoms with van der Waals surface area (Å²) >= 11 is 0. The molecule has 0 atom stereocenters. The van der Waals surface area contributed by atoms with Crippen LogP contribution in [0.2, 0.25) is 0 Å². The first-order valence-corrected chi connectivity index (χ1v) is 9.42. The number of nitrogens with zero attached hydrogens (tertiary/aromatic N) is 4. The number of nitrogens with one attached hydrogen (secondary N) is 1. The Bertz CT molecular complexity index is 873. The van der Waals surface area contributed by atoms with Crippen molar-refractivity contribution in [2.45, 2.75) is 13.1 Å². The topological polar surface area (TPSA) is 74.5 Å². The average molecular weight is 377 g/mol. The number of hydrogen-bond donors (Lipinski definition) is 1. The molecule has 1 fully saturated rings. The Morgan fingerprint density at radius 1 is 1.00 bits per heavy atom. The predicted molar refractivity (Wildman–Crippen MR) is 106 cm³/mol. The normalized spacial score (nSPS) is 14.8. The van der Waals surface area contributed by atoms with E-state index >= 15 is 0 Å². The van der Waals surface area contributed by atoms with Crippen LogP contribution in [0.5, 0.6) is 0 Å². The van der Waals surface area contributed by atoms with Crippen molar-refractivity contribution in [3.05, 3.63) is 78.0 Å². The van der Waals surface area contributed by atoms with Crippen LogP contribution in [0.1, 0.15) is 21.7 Å². The van der Waals surface area contributed by atoms with Gasteiger partial charge in [-0.2, -0.15) is 0 Å². The molecule has 144 valence electrons. The van der Waals surface area contributed by atoms with Crippen LogP contribution in [0.15, 0.2) is 65.5 Å². The SMILES string of the molecule is O=C(NCc1ccco1)c1cnc(N2CCN(Cc3ccccc3)CC2)nc1. The van der Waals surface area contributed by atoms with E-state index in [1.54, 1.807) is 24.7 Å². The van der Waals surface area contributed by atoms with Gasteiger partial charge in [-0.3, -0.25) is 9.69 Å². The number of furan rings is 1.